The van der Waals surface area contributed by atoms with Gasteiger partial charge in [0.25, 0.3) is 5.69 Å². The van der Waals surface area contributed by atoms with E-state index in [2.05, 4.69) is 5.32 Å². The lowest BCUT2D eigenvalue weighted by Crippen LogP contribution is -1.98. The molecule has 21 heavy (non-hydrogen) atoms. The zero-order chi connectivity index (χ0) is 15.2. The zero-order valence-electron chi connectivity index (χ0n) is 11.8. The second-order valence-corrected chi connectivity index (χ2v) is 5.43. The van der Waals surface area contributed by atoms with Crippen molar-refractivity contribution in [2.45, 2.75) is 16.7 Å². The summed E-state index contributed by atoms with van der Waals surface area (Å²) in [6.45, 7) is 2.66. The van der Waals surface area contributed by atoms with E-state index in [1.807, 2.05) is 37.3 Å². The number of hydrogen-bond donors (Lipinski definition) is 1. The molecule has 0 aliphatic rings. The zero-order valence-corrected chi connectivity index (χ0v) is 12.6. The molecule has 0 bridgehead atoms. The van der Waals surface area contributed by atoms with Crippen LogP contribution in [0.25, 0.3) is 0 Å². The summed E-state index contributed by atoms with van der Waals surface area (Å²) in [6, 6.07) is 12.6. The number of methoxy groups -OCH3 is 1. The van der Waals surface area contributed by atoms with Gasteiger partial charge in [-0.25, -0.2) is 0 Å². The Balaban J connectivity index is 2.31. The highest BCUT2D eigenvalue weighted by molar-refractivity contribution is 7.99. The van der Waals surface area contributed by atoms with Crippen molar-refractivity contribution in [1.29, 1.82) is 0 Å². The van der Waals surface area contributed by atoms with Crippen LogP contribution in [0.15, 0.2) is 52.3 Å². The second-order valence-electron chi connectivity index (χ2n) is 4.28. The lowest BCUT2D eigenvalue weighted by molar-refractivity contribution is -0.385. The van der Waals surface area contributed by atoms with Crippen LogP contribution in [-0.2, 0) is 0 Å². The number of anilines is 1. The molecule has 110 valence electrons. The molecular weight excluding hydrogens is 288 g/mol. The minimum atomic E-state index is -0.378. The first kappa shape index (κ1) is 15.2. The van der Waals surface area contributed by atoms with E-state index in [9.17, 15) is 10.1 Å². The van der Waals surface area contributed by atoms with Crippen LogP contribution in [0.1, 0.15) is 6.92 Å². The minimum absolute atomic E-state index is 0.0823. The number of nitrogens with zero attached hydrogens (tertiary/aromatic N) is 1. The van der Waals surface area contributed by atoms with Gasteiger partial charge in [-0.2, -0.15) is 0 Å². The van der Waals surface area contributed by atoms with Crippen LogP contribution in [0.2, 0.25) is 0 Å². The Hall–Kier alpha value is -2.21. The predicted octanol–water partition coefficient (Wildman–Crippen LogP) is 4.19. The van der Waals surface area contributed by atoms with E-state index < -0.39 is 0 Å². The third-order valence-corrected chi connectivity index (χ3v) is 3.72. The van der Waals surface area contributed by atoms with Crippen LogP contribution in [0.3, 0.4) is 0 Å². The number of ether oxygens (including phenoxy) is 1. The molecule has 0 radical (unpaired) electrons. The molecule has 2 rings (SSSR count). The molecule has 2 aromatic carbocycles. The third-order valence-electron chi connectivity index (χ3n) is 2.76. The SMILES string of the molecule is CCNc1cc(Sc2cccc(OC)c2)cc([N+](=O)[O-])c1. The first-order valence-electron chi connectivity index (χ1n) is 6.47. The topological polar surface area (TPSA) is 64.4 Å². The van der Waals surface area contributed by atoms with E-state index >= 15 is 0 Å². The fourth-order valence-corrected chi connectivity index (χ4v) is 2.81. The van der Waals surface area contributed by atoms with Crippen LogP contribution < -0.4 is 10.1 Å². The maximum absolute atomic E-state index is 11.0. The molecule has 2 aromatic rings. The molecule has 0 saturated heterocycles. The van der Waals surface area contributed by atoms with Crippen LogP contribution in [0.5, 0.6) is 5.75 Å². The van der Waals surface area contributed by atoms with Gasteiger partial charge in [-0.05, 0) is 31.2 Å². The van der Waals surface area contributed by atoms with E-state index in [1.165, 1.54) is 11.8 Å². The second kappa shape index (κ2) is 6.99. The fraction of sp³-hybridized carbons (Fsp3) is 0.200. The highest BCUT2D eigenvalue weighted by Crippen LogP contribution is 2.34. The highest BCUT2D eigenvalue weighted by Gasteiger charge is 2.10. The number of nitrogens with one attached hydrogen (secondary N) is 1. The molecule has 1 N–H and O–H groups in total. The van der Waals surface area contributed by atoms with Gasteiger partial charge in [0, 0.05) is 34.2 Å². The van der Waals surface area contributed by atoms with E-state index in [1.54, 1.807) is 19.2 Å². The van der Waals surface area contributed by atoms with Gasteiger partial charge in [-0.1, -0.05) is 17.8 Å². The number of rotatable bonds is 6. The van der Waals surface area contributed by atoms with E-state index in [0.29, 0.717) is 6.54 Å². The Morgan fingerprint density at radius 3 is 2.71 bits per heavy atom. The van der Waals surface area contributed by atoms with Gasteiger partial charge in [0.15, 0.2) is 0 Å². The summed E-state index contributed by atoms with van der Waals surface area (Å²) in [4.78, 5) is 12.4. The molecule has 0 saturated carbocycles. The van der Waals surface area contributed by atoms with Crippen LogP contribution in [0, 0.1) is 10.1 Å². The molecule has 0 fully saturated rings. The molecule has 0 aliphatic carbocycles. The third kappa shape index (κ3) is 4.13. The first-order valence-corrected chi connectivity index (χ1v) is 7.29. The van der Waals surface area contributed by atoms with Crippen molar-refractivity contribution in [2.24, 2.45) is 0 Å². The van der Waals surface area contributed by atoms with E-state index in [0.717, 1.165) is 21.2 Å². The minimum Gasteiger partial charge on any atom is -0.497 e. The quantitative estimate of drug-likeness (QED) is 0.640. The predicted molar refractivity (Wildman–Crippen MR) is 84.4 cm³/mol. The summed E-state index contributed by atoms with van der Waals surface area (Å²) in [6.07, 6.45) is 0. The molecular formula is C15H16N2O3S. The van der Waals surface area contributed by atoms with Crippen molar-refractivity contribution >= 4 is 23.1 Å². The fourth-order valence-electron chi connectivity index (χ4n) is 1.85. The molecule has 0 amide bonds. The molecule has 0 atom stereocenters. The van der Waals surface area contributed by atoms with Crippen LogP contribution in [-0.4, -0.2) is 18.6 Å². The van der Waals surface area contributed by atoms with Crippen molar-refractivity contribution in [3.8, 4) is 5.75 Å². The maximum atomic E-state index is 11.0. The van der Waals surface area contributed by atoms with Crippen molar-refractivity contribution in [3.63, 3.8) is 0 Å². The lowest BCUT2D eigenvalue weighted by Gasteiger charge is -2.08. The molecule has 0 unspecified atom stereocenters. The van der Waals surface area contributed by atoms with Gasteiger partial charge >= 0.3 is 0 Å². The number of benzene rings is 2. The summed E-state index contributed by atoms with van der Waals surface area (Å²) in [5.74, 6) is 0.761. The number of non-ortho nitro benzene ring substituents is 1. The number of nitro benzene ring substituents is 1. The van der Waals surface area contributed by atoms with Gasteiger partial charge in [0.2, 0.25) is 0 Å². The van der Waals surface area contributed by atoms with Gasteiger partial charge < -0.3 is 10.1 Å². The monoisotopic (exact) mass is 304 g/mol. The van der Waals surface area contributed by atoms with E-state index in [4.69, 9.17) is 4.74 Å². The summed E-state index contributed by atoms with van der Waals surface area (Å²) in [5.41, 5.74) is 0.830. The smallest absolute Gasteiger partial charge is 0.272 e. The first-order chi connectivity index (χ1) is 10.1. The van der Waals surface area contributed by atoms with Gasteiger partial charge in [0.1, 0.15) is 5.75 Å². The van der Waals surface area contributed by atoms with Gasteiger partial charge in [-0.15, -0.1) is 0 Å². The van der Waals surface area contributed by atoms with Crippen molar-refractivity contribution < 1.29 is 9.66 Å². The standard InChI is InChI=1S/C15H16N2O3S/c1-3-16-11-7-12(17(18)19)9-15(8-11)21-14-6-4-5-13(10-14)20-2/h4-10,16H,3H2,1-2H3. The Morgan fingerprint density at radius 1 is 1.24 bits per heavy atom. The summed E-state index contributed by atoms with van der Waals surface area (Å²) in [5, 5.41) is 14.1. The molecule has 0 heterocycles. The highest BCUT2D eigenvalue weighted by atomic mass is 32.2. The molecule has 5 nitrogen and oxygen atoms in total. The average Bonchev–Trinajstić information content (AvgIpc) is 2.47. The molecule has 0 aromatic heterocycles. The Kier molecular flexibility index (Phi) is 5.05. The number of nitro groups is 1. The summed E-state index contributed by atoms with van der Waals surface area (Å²) in [7, 11) is 1.61. The summed E-state index contributed by atoms with van der Waals surface area (Å²) < 4.78 is 5.18. The summed E-state index contributed by atoms with van der Waals surface area (Å²) >= 11 is 1.46. The lowest BCUT2D eigenvalue weighted by atomic mass is 10.3. The number of hydrogen-bond acceptors (Lipinski definition) is 5. The Morgan fingerprint density at radius 2 is 2.05 bits per heavy atom. The average molecular weight is 304 g/mol. The Labute approximate surface area is 127 Å². The Bertz CT molecular complexity index is 647. The van der Waals surface area contributed by atoms with Crippen LogP contribution >= 0.6 is 11.8 Å². The molecule has 0 spiro atoms. The maximum Gasteiger partial charge on any atom is 0.272 e. The largest absolute Gasteiger partial charge is 0.497 e. The molecule has 6 heteroatoms. The van der Waals surface area contributed by atoms with Gasteiger partial charge in [0.05, 0.1) is 12.0 Å². The van der Waals surface area contributed by atoms with Crippen molar-refractivity contribution in [1.82, 2.24) is 0 Å². The van der Waals surface area contributed by atoms with Gasteiger partial charge in [-0.3, -0.25) is 10.1 Å². The van der Waals surface area contributed by atoms with E-state index in [-0.39, 0.29) is 10.6 Å². The molecule has 0 aliphatic heterocycles. The van der Waals surface area contributed by atoms with Crippen molar-refractivity contribution in [3.05, 3.63) is 52.6 Å². The van der Waals surface area contributed by atoms with Crippen molar-refractivity contribution in [2.75, 3.05) is 19.0 Å². The normalized spacial score (nSPS) is 10.2. The van der Waals surface area contributed by atoms with Crippen LogP contribution in [0.4, 0.5) is 11.4 Å².